The molecule has 7 nitrogen and oxygen atoms in total. The van der Waals surface area contributed by atoms with Crippen LogP contribution in [0.2, 0.25) is 0 Å². The quantitative estimate of drug-likeness (QED) is 0.492. The van der Waals surface area contributed by atoms with Crippen molar-refractivity contribution in [2.45, 2.75) is 18.7 Å². The molecule has 0 saturated heterocycles. The van der Waals surface area contributed by atoms with Crippen LogP contribution in [0, 0.1) is 0 Å². The lowest BCUT2D eigenvalue weighted by Gasteiger charge is -2.20. The molecule has 1 amide bonds. The molecule has 3 rings (SSSR count). The molecule has 1 heterocycles. The Morgan fingerprint density at radius 2 is 1.76 bits per heavy atom. The Morgan fingerprint density at radius 3 is 2.38 bits per heavy atom. The molecule has 0 bridgehead atoms. The van der Waals surface area contributed by atoms with E-state index in [1.807, 2.05) is 37.3 Å². The topological polar surface area (TPSA) is 77.7 Å². The summed E-state index contributed by atoms with van der Waals surface area (Å²) in [6.45, 7) is 3.18. The molecule has 0 fully saturated rings. The molecule has 152 valence electrons. The van der Waals surface area contributed by atoms with E-state index >= 15 is 0 Å². The Morgan fingerprint density at radius 1 is 1.07 bits per heavy atom. The van der Waals surface area contributed by atoms with Crippen LogP contribution in [-0.4, -0.2) is 47.5 Å². The number of methoxy groups -OCH3 is 2. The molecule has 0 aliphatic carbocycles. The van der Waals surface area contributed by atoms with E-state index in [1.165, 1.54) is 11.8 Å². The number of hydrogen-bond donors (Lipinski definition) is 0. The number of ether oxygens (including phenoxy) is 2. The van der Waals surface area contributed by atoms with Gasteiger partial charge >= 0.3 is 0 Å². The van der Waals surface area contributed by atoms with Gasteiger partial charge in [0, 0.05) is 24.7 Å². The van der Waals surface area contributed by atoms with Crippen molar-refractivity contribution in [1.29, 1.82) is 0 Å². The maximum absolute atomic E-state index is 12.6. The number of thioether (sulfide) groups is 1. The van der Waals surface area contributed by atoms with E-state index in [4.69, 9.17) is 13.9 Å². The molecule has 0 aliphatic heterocycles. The van der Waals surface area contributed by atoms with Crippen molar-refractivity contribution in [2.24, 2.45) is 0 Å². The first-order valence-electron chi connectivity index (χ1n) is 9.14. The van der Waals surface area contributed by atoms with Crippen molar-refractivity contribution in [3.63, 3.8) is 0 Å². The second-order valence-corrected chi connectivity index (χ2v) is 7.08. The zero-order valence-electron chi connectivity index (χ0n) is 16.6. The van der Waals surface area contributed by atoms with Gasteiger partial charge in [-0.15, -0.1) is 10.2 Å². The molecule has 29 heavy (non-hydrogen) atoms. The summed E-state index contributed by atoms with van der Waals surface area (Å²) < 4.78 is 16.2. The SMILES string of the molecule is CCN(Cc1ccccc1)C(=O)CSc1nnc(-c2cc(OC)cc(OC)c2)o1. The Balaban J connectivity index is 1.63. The molecular formula is C21H23N3O4S. The lowest BCUT2D eigenvalue weighted by atomic mass is 10.2. The van der Waals surface area contributed by atoms with Gasteiger partial charge in [0.25, 0.3) is 5.22 Å². The van der Waals surface area contributed by atoms with E-state index in [-0.39, 0.29) is 11.7 Å². The fourth-order valence-electron chi connectivity index (χ4n) is 2.71. The van der Waals surface area contributed by atoms with Crippen LogP contribution in [0.15, 0.2) is 58.2 Å². The van der Waals surface area contributed by atoms with Crippen LogP contribution >= 0.6 is 11.8 Å². The summed E-state index contributed by atoms with van der Waals surface area (Å²) in [6, 6.07) is 15.3. The van der Waals surface area contributed by atoms with Crippen LogP contribution in [0.1, 0.15) is 12.5 Å². The molecule has 1 aromatic heterocycles. The van der Waals surface area contributed by atoms with Crippen LogP contribution in [0.3, 0.4) is 0 Å². The van der Waals surface area contributed by atoms with Crippen molar-refractivity contribution in [3.05, 3.63) is 54.1 Å². The first-order valence-corrected chi connectivity index (χ1v) is 10.1. The van der Waals surface area contributed by atoms with E-state index in [0.29, 0.717) is 41.3 Å². The van der Waals surface area contributed by atoms with E-state index in [2.05, 4.69) is 10.2 Å². The normalized spacial score (nSPS) is 10.6. The van der Waals surface area contributed by atoms with Gasteiger partial charge in [0.2, 0.25) is 11.8 Å². The molecule has 2 aromatic carbocycles. The molecule has 0 spiro atoms. The average Bonchev–Trinajstić information content (AvgIpc) is 3.25. The summed E-state index contributed by atoms with van der Waals surface area (Å²) in [7, 11) is 3.16. The van der Waals surface area contributed by atoms with Gasteiger partial charge in [0.1, 0.15) is 11.5 Å². The summed E-state index contributed by atoms with van der Waals surface area (Å²) in [5.41, 5.74) is 1.78. The van der Waals surface area contributed by atoms with Crippen molar-refractivity contribution < 1.29 is 18.7 Å². The molecule has 0 N–H and O–H groups in total. The van der Waals surface area contributed by atoms with E-state index < -0.39 is 0 Å². The van der Waals surface area contributed by atoms with Crippen LogP contribution < -0.4 is 9.47 Å². The third-order valence-electron chi connectivity index (χ3n) is 4.27. The molecule has 0 radical (unpaired) electrons. The van der Waals surface area contributed by atoms with Gasteiger partial charge in [-0.1, -0.05) is 42.1 Å². The number of carbonyl (C=O) groups is 1. The second kappa shape index (κ2) is 9.97. The monoisotopic (exact) mass is 413 g/mol. The molecule has 0 saturated carbocycles. The lowest BCUT2D eigenvalue weighted by molar-refractivity contribution is -0.128. The third kappa shape index (κ3) is 5.51. The number of carbonyl (C=O) groups excluding carboxylic acids is 1. The van der Waals surface area contributed by atoms with Gasteiger partial charge in [-0.25, -0.2) is 0 Å². The minimum atomic E-state index is 0.0177. The molecule has 0 aliphatic rings. The van der Waals surface area contributed by atoms with E-state index in [9.17, 15) is 4.79 Å². The molecule has 0 atom stereocenters. The van der Waals surface area contributed by atoms with Crippen LogP contribution in [0.5, 0.6) is 11.5 Å². The van der Waals surface area contributed by atoms with Crippen LogP contribution in [0.4, 0.5) is 0 Å². The highest BCUT2D eigenvalue weighted by atomic mass is 32.2. The van der Waals surface area contributed by atoms with Gasteiger partial charge in [0.15, 0.2) is 0 Å². The summed E-state index contributed by atoms with van der Waals surface area (Å²) in [4.78, 5) is 14.4. The first kappa shape index (κ1) is 20.7. The van der Waals surface area contributed by atoms with E-state index in [0.717, 1.165) is 5.56 Å². The van der Waals surface area contributed by atoms with E-state index in [1.54, 1.807) is 37.3 Å². The summed E-state index contributed by atoms with van der Waals surface area (Å²) >= 11 is 1.22. The number of rotatable bonds is 9. The largest absolute Gasteiger partial charge is 0.497 e. The summed E-state index contributed by atoms with van der Waals surface area (Å²) in [5, 5.41) is 8.45. The number of benzene rings is 2. The van der Waals surface area contributed by atoms with Gasteiger partial charge < -0.3 is 18.8 Å². The van der Waals surface area contributed by atoms with Gasteiger partial charge in [-0.2, -0.15) is 0 Å². The highest BCUT2D eigenvalue weighted by Gasteiger charge is 2.16. The summed E-state index contributed by atoms with van der Waals surface area (Å²) in [6.07, 6.45) is 0. The zero-order chi connectivity index (χ0) is 20.6. The Kier molecular flexibility index (Phi) is 7.13. The number of aromatic nitrogens is 2. The van der Waals surface area contributed by atoms with Gasteiger partial charge in [0.05, 0.1) is 20.0 Å². The minimum Gasteiger partial charge on any atom is -0.497 e. The zero-order valence-corrected chi connectivity index (χ0v) is 17.4. The molecule has 3 aromatic rings. The smallest absolute Gasteiger partial charge is 0.277 e. The molecule has 0 unspecified atom stereocenters. The predicted octanol–water partition coefficient (Wildman–Crippen LogP) is 3.89. The first-order chi connectivity index (χ1) is 14.1. The number of nitrogens with zero attached hydrogens (tertiary/aromatic N) is 3. The number of amides is 1. The van der Waals surface area contributed by atoms with Crippen LogP contribution in [-0.2, 0) is 11.3 Å². The molecule has 8 heteroatoms. The van der Waals surface area contributed by atoms with Crippen molar-refractivity contribution in [3.8, 4) is 23.0 Å². The minimum absolute atomic E-state index is 0.0177. The lowest BCUT2D eigenvalue weighted by Crippen LogP contribution is -2.31. The highest BCUT2D eigenvalue weighted by molar-refractivity contribution is 7.99. The van der Waals surface area contributed by atoms with Crippen LogP contribution in [0.25, 0.3) is 11.5 Å². The average molecular weight is 413 g/mol. The van der Waals surface area contributed by atoms with Gasteiger partial charge in [-0.05, 0) is 24.6 Å². The van der Waals surface area contributed by atoms with Crippen molar-refractivity contribution in [2.75, 3.05) is 26.5 Å². The van der Waals surface area contributed by atoms with Crippen molar-refractivity contribution in [1.82, 2.24) is 15.1 Å². The maximum atomic E-state index is 12.6. The fourth-order valence-corrected chi connectivity index (χ4v) is 3.38. The Bertz CT molecular complexity index is 924. The Labute approximate surface area is 174 Å². The standard InChI is InChI=1S/C21H23N3O4S/c1-4-24(13-15-8-6-5-7-9-15)19(25)14-29-21-23-22-20(28-21)16-10-17(26-2)12-18(11-16)27-3/h5-12H,4,13-14H2,1-3H3. The fraction of sp³-hybridized carbons (Fsp3) is 0.286. The third-order valence-corrected chi connectivity index (χ3v) is 5.08. The van der Waals surface area contributed by atoms with Gasteiger partial charge in [-0.3, -0.25) is 4.79 Å². The predicted molar refractivity (Wildman–Crippen MR) is 111 cm³/mol. The number of hydrogen-bond acceptors (Lipinski definition) is 7. The molecular weight excluding hydrogens is 390 g/mol. The maximum Gasteiger partial charge on any atom is 0.277 e. The summed E-state index contributed by atoms with van der Waals surface area (Å²) in [5.74, 6) is 1.84. The highest BCUT2D eigenvalue weighted by Crippen LogP contribution is 2.30. The van der Waals surface area contributed by atoms with Crippen molar-refractivity contribution >= 4 is 17.7 Å². The second-order valence-electron chi connectivity index (χ2n) is 6.16. The Hall–Kier alpha value is -3.00.